The summed E-state index contributed by atoms with van der Waals surface area (Å²) in [6.45, 7) is 2.07. The Bertz CT molecular complexity index is 1160. The summed E-state index contributed by atoms with van der Waals surface area (Å²) in [5.74, 6) is 0.768. The van der Waals surface area contributed by atoms with E-state index in [0.717, 1.165) is 86.2 Å². The van der Waals surface area contributed by atoms with Gasteiger partial charge < -0.3 is 29.2 Å². The minimum atomic E-state index is -0.840. The number of anilines is 1. The normalized spacial score (nSPS) is 21.6. The molecule has 1 amide bonds. The van der Waals surface area contributed by atoms with Crippen LogP contribution in [0.25, 0.3) is 11.0 Å². The van der Waals surface area contributed by atoms with Crippen LogP contribution in [0, 0.1) is 5.92 Å². The summed E-state index contributed by atoms with van der Waals surface area (Å²) >= 11 is 0. The number of benzene rings is 2. The molecule has 0 radical (unpaired) electrons. The molecule has 1 saturated carbocycles. The minimum absolute atomic E-state index is 0.124. The number of imidazole rings is 1. The molecule has 200 valence electrons. The van der Waals surface area contributed by atoms with Crippen LogP contribution in [-0.4, -0.2) is 59.8 Å². The van der Waals surface area contributed by atoms with Gasteiger partial charge in [-0.15, -0.1) is 0 Å². The molecule has 2 heterocycles. The molecular weight excluding hydrogens is 470 g/mol. The van der Waals surface area contributed by atoms with Gasteiger partial charge in [0, 0.05) is 50.6 Å². The lowest BCUT2D eigenvalue weighted by atomic mass is 9.86. The lowest BCUT2D eigenvalue weighted by molar-refractivity contribution is -0.112. The lowest BCUT2D eigenvalue weighted by Crippen LogP contribution is -2.36. The zero-order chi connectivity index (χ0) is 26.9. The summed E-state index contributed by atoms with van der Waals surface area (Å²) in [5.41, 5.74) is 4.69. The Morgan fingerprint density at radius 3 is 2.24 bits per heavy atom. The van der Waals surface area contributed by atoms with E-state index < -0.39 is 6.10 Å². The van der Waals surface area contributed by atoms with Crippen LogP contribution < -0.4 is 4.90 Å². The maximum Gasteiger partial charge on any atom is 0.214 e. The molecule has 2 unspecified atom stereocenters. The molecule has 1 aromatic heterocycles. The summed E-state index contributed by atoms with van der Waals surface area (Å²) < 4.78 is 6.46. The zero-order valence-corrected chi connectivity index (χ0v) is 22.2. The third-order valence-corrected chi connectivity index (χ3v) is 7.31. The monoisotopic (exact) mass is 509 g/mol. The Labute approximate surface area is 218 Å². The van der Waals surface area contributed by atoms with E-state index in [-0.39, 0.29) is 18.0 Å². The number of ether oxygens (including phenoxy) is 1. The second-order valence-corrected chi connectivity index (χ2v) is 9.60. The molecule has 5 rings (SSSR count). The first kappa shape index (κ1) is 28.5. The van der Waals surface area contributed by atoms with Crippen molar-refractivity contribution in [2.24, 2.45) is 5.92 Å². The molecule has 1 fully saturated rings. The number of hydrogen-bond donors (Lipinski definition) is 2. The van der Waals surface area contributed by atoms with E-state index >= 15 is 0 Å². The molecule has 0 bridgehead atoms. The van der Waals surface area contributed by atoms with E-state index in [1.54, 1.807) is 19.1 Å². The number of hydrogen-bond acceptors (Lipinski definition) is 6. The second kappa shape index (κ2) is 13.5. The molecule has 37 heavy (non-hydrogen) atoms. The standard InChI is InChI=1S/C26H29N3O3.C2H6O.CH4O/c1-17-7-12-21-22(28(17)16-31)13-14-23-24(21)27-26(25(32)19-5-3-2-4-6-19)29(23)20-10-8-18(15-30)9-11-20;1-3-2;1-2/h2-6,13-18,20,25,32H,7-12H2,1H3;1-2H3;2H,1H3. The maximum absolute atomic E-state index is 11.8. The smallest absolute Gasteiger partial charge is 0.214 e. The topological polar surface area (TPSA) is 105 Å². The number of rotatable bonds is 5. The highest BCUT2D eigenvalue weighted by molar-refractivity contribution is 5.91. The van der Waals surface area contributed by atoms with Crippen molar-refractivity contribution in [1.82, 2.24) is 9.55 Å². The first-order valence-corrected chi connectivity index (χ1v) is 12.8. The number of amides is 1. The van der Waals surface area contributed by atoms with Crippen molar-refractivity contribution in [3.05, 3.63) is 59.4 Å². The molecule has 2 atom stereocenters. The number of carbonyl (C=O) groups excluding carboxylic acids is 2. The Kier molecular flexibility index (Phi) is 10.4. The highest BCUT2D eigenvalue weighted by Gasteiger charge is 2.31. The first-order chi connectivity index (χ1) is 18.0. The Balaban J connectivity index is 0.000000711. The fourth-order valence-electron chi connectivity index (χ4n) is 5.46. The van der Waals surface area contributed by atoms with Crippen LogP contribution in [0.3, 0.4) is 0 Å². The zero-order valence-electron chi connectivity index (χ0n) is 22.2. The molecule has 8 heteroatoms. The van der Waals surface area contributed by atoms with Crippen molar-refractivity contribution < 1.29 is 24.5 Å². The van der Waals surface area contributed by atoms with E-state index in [9.17, 15) is 14.7 Å². The van der Waals surface area contributed by atoms with Gasteiger partial charge in [0.15, 0.2) is 0 Å². The Morgan fingerprint density at radius 2 is 1.65 bits per heavy atom. The van der Waals surface area contributed by atoms with Crippen molar-refractivity contribution in [3.8, 4) is 0 Å². The molecule has 0 spiro atoms. The van der Waals surface area contributed by atoms with E-state index in [4.69, 9.17) is 10.1 Å². The molecule has 3 aromatic rings. The summed E-state index contributed by atoms with van der Waals surface area (Å²) in [6.07, 6.45) is 6.38. The van der Waals surface area contributed by atoms with Crippen molar-refractivity contribution in [2.75, 3.05) is 26.2 Å². The fourth-order valence-corrected chi connectivity index (χ4v) is 5.46. The molecule has 2 aromatic carbocycles. The quantitative estimate of drug-likeness (QED) is 0.499. The highest BCUT2D eigenvalue weighted by Crippen LogP contribution is 2.41. The van der Waals surface area contributed by atoms with Gasteiger partial charge in [-0.05, 0) is 63.1 Å². The molecular formula is C29H39N3O5. The van der Waals surface area contributed by atoms with Crippen molar-refractivity contribution >= 4 is 29.4 Å². The molecule has 0 saturated heterocycles. The predicted molar refractivity (Wildman–Crippen MR) is 145 cm³/mol. The number of aromatic nitrogens is 2. The van der Waals surface area contributed by atoms with Gasteiger partial charge in [0.05, 0.1) is 11.0 Å². The maximum atomic E-state index is 11.8. The van der Waals surface area contributed by atoms with Gasteiger partial charge in [-0.3, -0.25) is 4.79 Å². The van der Waals surface area contributed by atoms with Gasteiger partial charge in [0.25, 0.3) is 0 Å². The summed E-state index contributed by atoms with van der Waals surface area (Å²) in [7, 11) is 4.25. The Hall–Kier alpha value is -3.07. The third-order valence-electron chi connectivity index (χ3n) is 7.31. The number of carbonyl (C=O) groups is 2. The lowest BCUT2D eigenvalue weighted by Gasteiger charge is -2.32. The second-order valence-electron chi connectivity index (χ2n) is 9.60. The molecule has 2 aliphatic rings. The van der Waals surface area contributed by atoms with Crippen molar-refractivity contribution in [1.29, 1.82) is 0 Å². The largest absolute Gasteiger partial charge is 0.400 e. The van der Waals surface area contributed by atoms with Crippen LogP contribution in [0.1, 0.15) is 68.1 Å². The fraction of sp³-hybridized carbons (Fsp3) is 0.483. The van der Waals surface area contributed by atoms with Gasteiger partial charge in [-0.2, -0.15) is 0 Å². The minimum Gasteiger partial charge on any atom is -0.400 e. The average molecular weight is 510 g/mol. The van der Waals surface area contributed by atoms with Crippen LogP contribution in [-0.2, 0) is 20.7 Å². The van der Waals surface area contributed by atoms with Gasteiger partial charge in [-0.1, -0.05) is 30.3 Å². The van der Waals surface area contributed by atoms with Gasteiger partial charge in [-0.25, -0.2) is 4.98 Å². The molecule has 1 aliphatic heterocycles. The van der Waals surface area contributed by atoms with Crippen molar-refractivity contribution in [2.45, 2.75) is 63.6 Å². The van der Waals surface area contributed by atoms with Crippen LogP contribution >= 0.6 is 0 Å². The number of methoxy groups -OCH3 is 1. The molecule has 2 N–H and O–H groups in total. The van der Waals surface area contributed by atoms with Crippen LogP contribution in [0.2, 0.25) is 0 Å². The van der Waals surface area contributed by atoms with Crippen LogP contribution in [0.5, 0.6) is 0 Å². The third kappa shape index (κ3) is 5.92. The molecule has 1 aliphatic carbocycles. The average Bonchev–Trinajstić information content (AvgIpc) is 3.34. The summed E-state index contributed by atoms with van der Waals surface area (Å²) in [6, 6.07) is 14.0. The Morgan fingerprint density at radius 1 is 1.00 bits per heavy atom. The number of aliphatic hydroxyl groups is 2. The van der Waals surface area contributed by atoms with Gasteiger partial charge >= 0.3 is 0 Å². The van der Waals surface area contributed by atoms with E-state index in [2.05, 4.69) is 16.2 Å². The molecule has 8 nitrogen and oxygen atoms in total. The van der Waals surface area contributed by atoms with Gasteiger partial charge in [0.2, 0.25) is 6.41 Å². The van der Waals surface area contributed by atoms with E-state index in [0.29, 0.717) is 5.82 Å². The first-order valence-electron chi connectivity index (χ1n) is 12.8. The summed E-state index contributed by atoms with van der Waals surface area (Å²) in [4.78, 5) is 29.9. The number of aryl methyl sites for hydroxylation is 1. The number of fused-ring (bicyclic) bond motifs is 3. The number of nitrogens with zero attached hydrogens (tertiary/aromatic N) is 3. The highest BCUT2D eigenvalue weighted by atomic mass is 16.4. The predicted octanol–water partition coefficient (Wildman–Crippen LogP) is 4.22. The van der Waals surface area contributed by atoms with Crippen LogP contribution in [0.4, 0.5) is 5.69 Å². The van der Waals surface area contributed by atoms with Crippen molar-refractivity contribution in [3.63, 3.8) is 0 Å². The van der Waals surface area contributed by atoms with Crippen LogP contribution in [0.15, 0.2) is 42.5 Å². The van der Waals surface area contributed by atoms with E-state index in [1.807, 2.05) is 42.5 Å². The van der Waals surface area contributed by atoms with Gasteiger partial charge in [0.1, 0.15) is 18.2 Å². The summed E-state index contributed by atoms with van der Waals surface area (Å²) in [5, 5.41) is 18.3. The SMILES string of the molecule is CC1CCc2c(ccc3c2nc(C(O)c2ccccc2)n3C2CCC(C=O)CC2)N1C=O.CO.COC. The number of aliphatic hydroxyl groups excluding tert-OH is 2. The number of aldehydes is 1. The van der Waals surface area contributed by atoms with E-state index in [1.165, 1.54) is 0 Å².